The number of fused-ring (bicyclic) bond motifs is 1. The highest BCUT2D eigenvalue weighted by Gasteiger charge is 2.19. The van der Waals surface area contributed by atoms with Crippen LogP contribution < -0.4 is 11.0 Å². The van der Waals surface area contributed by atoms with Gasteiger partial charge in [0.2, 0.25) is 0 Å². The first-order valence-corrected chi connectivity index (χ1v) is 7.88. The van der Waals surface area contributed by atoms with E-state index in [0.29, 0.717) is 20.9 Å². The van der Waals surface area contributed by atoms with Crippen LogP contribution in [0.4, 0.5) is 4.39 Å². The Bertz CT molecular complexity index is 1060. The van der Waals surface area contributed by atoms with Gasteiger partial charge in [-0.3, -0.25) is 9.59 Å². The standard InChI is InChI=1S/C17H11BrFN3O3/c18-10-4-5-13-12(7-10)15(23)14(16(24)21-13)17(25)22-20-8-9-2-1-3-11(19)6-9/h1-8H,(H,22,25)(H2,21,23,24)/b20-8+. The summed E-state index contributed by atoms with van der Waals surface area (Å²) in [5.41, 5.74) is 1.77. The second kappa shape index (κ2) is 6.86. The Kier molecular flexibility index (Phi) is 4.62. The average Bonchev–Trinajstić information content (AvgIpc) is 2.56. The van der Waals surface area contributed by atoms with Crippen molar-refractivity contribution in [2.24, 2.45) is 5.10 Å². The zero-order valence-corrected chi connectivity index (χ0v) is 14.2. The van der Waals surface area contributed by atoms with Crippen molar-refractivity contribution in [1.82, 2.24) is 10.4 Å². The molecule has 2 aromatic carbocycles. The second-order valence-electron chi connectivity index (χ2n) is 5.12. The number of hydrogen-bond donors (Lipinski definition) is 3. The minimum Gasteiger partial charge on any atom is -0.506 e. The van der Waals surface area contributed by atoms with Gasteiger partial charge in [0.1, 0.15) is 17.1 Å². The number of hydrogen-bond acceptors (Lipinski definition) is 4. The Morgan fingerprint density at radius 1 is 1.28 bits per heavy atom. The Morgan fingerprint density at radius 2 is 2.08 bits per heavy atom. The van der Waals surface area contributed by atoms with Crippen molar-refractivity contribution in [2.45, 2.75) is 0 Å². The third kappa shape index (κ3) is 3.58. The van der Waals surface area contributed by atoms with Gasteiger partial charge in [0.15, 0.2) is 0 Å². The topological polar surface area (TPSA) is 94.5 Å². The van der Waals surface area contributed by atoms with Crippen LogP contribution in [0.5, 0.6) is 5.75 Å². The van der Waals surface area contributed by atoms with Crippen LogP contribution in [0, 0.1) is 5.82 Å². The van der Waals surface area contributed by atoms with Crippen molar-refractivity contribution in [2.75, 3.05) is 0 Å². The Labute approximate surface area is 149 Å². The molecule has 126 valence electrons. The number of amides is 1. The van der Waals surface area contributed by atoms with E-state index in [1.54, 1.807) is 24.3 Å². The molecule has 6 nitrogen and oxygen atoms in total. The number of rotatable bonds is 3. The number of nitrogens with one attached hydrogen (secondary N) is 2. The van der Waals surface area contributed by atoms with Crippen molar-refractivity contribution in [3.05, 3.63) is 74.2 Å². The van der Waals surface area contributed by atoms with Gasteiger partial charge in [0.25, 0.3) is 11.5 Å². The summed E-state index contributed by atoms with van der Waals surface area (Å²) < 4.78 is 13.8. The lowest BCUT2D eigenvalue weighted by Gasteiger charge is -2.06. The minimum atomic E-state index is -0.881. The normalized spacial score (nSPS) is 11.1. The highest BCUT2D eigenvalue weighted by atomic mass is 79.9. The van der Waals surface area contributed by atoms with E-state index in [2.05, 4.69) is 31.4 Å². The quantitative estimate of drug-likeness (QED) is 0.463. The lowest BCUT2D eigenvalue weighted by atomic mass is 10.1. The number of pyridine rings is 1. The first-order chi connectivity index (χ1) is 12.0. The molecule has 3 N–H and O–H groups in total. The van der Waals surface area contributed by atoms with Crippen molar-refractivity contribution < 1.29 is 14.3 Å². The van der Waals surface area contributed by atoms with Crippen LogP contribution in [-0.2, 0) is 0 Å². The molecular formula is C17H11BrFN3O3. The van der Waals surface area contributed by atoms with E-state index in [1.807, 2.05) is 0 Å². The molecule has 0 aliphatic heterocycles. The molecule has 0 spiro atoms. The molecule has 0 aliphatic rings. The van der Waals surface area contributed by atoms with Crippen LogP contribution >= 0.6 is 15.9 Å². The zero-order chi connectivity index (χ0) is 18.0. The number of benzene rings is 2. The fraction of sp³-hybridized carbons (Fsp3) is 0. The van der Waals surface area contributed by atoms with Crippen LogP contribution in [0.2, 0.25) is 0 Å². The molecule has 0 radical (unpaired) electrons. The zero-order valence-electron chi connectivity index (χ0n) is 12.6. The van der Waals surface area contributed by atoms with Crippen molar-refractivity contribution in [3.8, 4) is 5.75 Å². The van der Waals surface area contributed by atoms with E-state index in [9.17, 15) is 19.1 Å². The van der Waals surface area contributed by atoms with E-state index in [-0.39, 0.29) is 0 Å². The van der Waals surface area contributed by atoms with Crippen LogP contribution in [-0.4, -0.2) is 22.2 Å². The van der Waals surface area contributed by atoms with Gasteiger partial charge in [-0.15, -0.1) is 0 Å². The number of aromatic nitrogens is 1. The number of hydrazone groups is 1. The third-order valence-electron chi connectivity index (χ3n) is 3.40. The number of halogens is 2. The number of aromatic hydroxyl groups is 1. The van der Waals surface area contributed by atoms with Crippen LogP contribution in [0.25, 0.3) is 10.9 Å². The number of carbonyl (C=O) groups excluding carboxylic acids is 1. The highest BCUT2D eigenvalue weighted by molar-refractivity contribution is 9.10. The maximum Gasteiger partial charge on any atom is 0.280 e. The van der Waals surface area contributed by atoms with Gasteiger partial charge >= 0.3 is 0 Å². The number of aromatic amines is 1. The molecule has 0 atom stereocenters. The summed E-state index contributed by atoms with van der Waals surface area (Å²) in [4.78, 5) is 26.8. The predicted molar refractivity (Wildman–Crippen MR) is 95.4 cm³/mol. The van der Waals surface area contributed by atoms with E-state index in [1.165, 1.54) is 24.4 Å². The summed E-state index contributed by atoms with van der Waals surface area (Å²) in [6.07, 6.45) is 1.23. The van der Waals surface area contributed by atoms with Crippen molar-refractivity contribution in [3.63, 3.8) is 0 Å². The highest BCUT2D eigenvalue weighted by Crippen LogP contribution is 2.27. The predicted octanol–water partition coefficient (Wildman–Crippen LogP) is 2.90. The molecule has 0 fully saturated rings. The monoisotopic (exact) mass is 403 g/mol. The lowest BCUT2D eigenvalue weighted by molar-refractivity contribution is 0.0951. The molecule has 0 bridgehead atoms. The average molecular weight is 404 g/mol. The second-order valence-corrected chi connectivity index (χ2v) is 6.04. The Morgan fingerprint density at radius 3 is 2.84 bits per heavy atom. The van der Waals surface area contributed by atoms with Crippen molar-refractivity contribution >= 4 is 39.0 Å². The number of H-pyrrole nitrogens is 1. The van der Waals surface area contributed by atoms with Crippen LogP contribution in [0.3, 0.4) is 0 Å². The summed E-state index contributed by atoms with van der Waals surface area (Å²) in [5.74, 6) is -1.77. The molecule has 8 heteroatoms. The molecule has 1 aromatic heterocycles. The molecule has 1 heterocycles. The van der Waals surface area contributed by atoms with E-state index in [4.69, 9.17) is 0 Å². The molecule has 3 rings (SSSR count). The van der Waals surface area contributed by atoms with Gasteiger partial charge in [0, 0.05) is 9.86 Å². The van der Waals surface area contributed by atoms with Gasteiger partial charge < -0.3 is 10.1 Å². The maximum atomic E-state index is 13.1. The Balaban J connectivity index is 1.90. The molecule has 0 saturated heterocycles. The van der Waals surface area contributed by atoms with Gasteiger partial charge in [-0.1, -0.05) is 28.1 Å². The van der Waals surface area contributed by atoms with E-state index < -0.39 is 28.6 Å². The first kappa shape index (κ1) is 16.8. The molecule has 25 heavy (non-hydrogen) atoms. The molecule has 0 unspecified atom stereocenters. The van der Waals surface area contributed by atoms with Gasteiger partial charge in [-0.2, -0.15) is 5.10 Å². The van der Waals surface area contributed by atoms with Gasteiger partial charge in [0.05, 0.1) is 11.7 Å². The lowest BCUT2D eigenvalue weighted by Crippen LogP contribution is -2.26. The summed E-state index contributed by atoms with van der Waals surface area (Å²) in [7, 11) is 0. The van der Waals surface area contributed by atoms with E-state index >= 15 is 0 Å². The SMILES string of the molecule is O=C(N/N=C/c1cccc(F)c1)c1c(O)c2cc(Br)ccc2[nH]c1=O. The summed E-state index contributed by atoms with van der Waals surface area (Å²) >= 11 is 3.26. The van der Waals surface area contributed by atoms with Crippen molar-refractivity contribution in [1.29, 1.82) is 0 Å². The van der Waals surface area contributed by atoms with Crippen LogP contribution in [0.1, 0.15) is 15.9 Å². The molecular weight excluding hydrogens is 393 g/mol. The molecule has 1 amide bonds. The molecule has 3 aromatic rings. The number of carbonyl (C=O) groups is 1. The smallest absolute Gasteiger partial charge is 0.280 e. The number of nitrogens with zero attached hydrogens (tertiary/aromatic N) is 1. The molecule has 0 aliphatic carbocycles. The summed E-state index contributed by atoms with van der Waals surface area (Å²) in [5, 5.41) is 14.3. The Hall–Kier alpha value is -3.00. The first-order valence-electron chi connectivity index (χ1n) is 7.09. The van der Waals surface area contributed by atoms with E-state index in [0.717, 1.165) is 0 Å². The largest absolute Gasteiger partial charge is 0.506 e. The van der Waals surface area contributed by atoms with Gasteiger partial charge in [-0.05, 0) is 35.9 Å². The molecule has 0 saturated carbocycles. The fourth-order valence-electron chi connectivity index (χ4n) is 2.27. The van der Waals surface area contributed by atoms with Crippen LogP contribution in [0.15, 0.2) is 56.8 Å². The summed E-state index contributed by atoms with van der Waals surface area (Å²) in [6.45, 7) is 0. The summed E-state index contributed by atoms with van der Waals surface area (Å²) in [6, 6.07) is 10.5. The minimum absolute atomic E-state index is 0.313. The maximum absolute atomic E-state index is 13.1. The fourth-order valence-corrected chi connectivity index (χ4v) is 2.63. The van der Waals surface area contributed by atoms with Gasteiger partial charge in [-0.25, -0.2) is 9.82 Å². The third-order valence-corrected chi connectivity index (χ3v) is 3.90.